The molecule has 0 aliphatic carbocycles. The first-order valence-electron chi connectivity index (χ1n) is 8.83. The van der Waals surface area contributed by atoms with Crippen LogP contribution in [0.25, 0.3) is 0 Å². The number of aliphatic hydroxyl groups is 1. The van der Waals surface area contributed by atoms with Gasteiger partial charge in [-0.2, -0.15) is 5.10 Å². The van der Waals surface area contributed by atoms with E-state index in [-0.39, 0.29) is 11.8 Å². The Morgan fingerprint density at radius 2 is 2.00 bits per heavy atom. The minimum Gasteiger partial charge on any atom is -0.497 e. The zero-order chi connectivity index (χ0) is 19.4. The highest BCUT2D eigenvalue weighted by Gasteiger charge is 2.30. The number of nitro groups is 1. The van der Waals surface area contributed by atoms with Crippen LogP contribution >= 0.6 is 0 Å². The van der Waals surface area contributed by atoms with Gasteiger partial charge in [0.15, 0.2) is 0 Å². The van der Waals surface area contributed by atoms with Crippen LogP contribution in [0.5, 0.6) is 5.75 Å². The molecular weight excluding hydrogens is 352 g/mol. The second-order valence-corrected chi connectivity index (χ2v) is 6.56. The standard InChI is InChI=1S/C18H24N4O5/c1-20-18(15(11-19-20)22(24)25)21-9-7-16(23)17(8-10-21)27-12-13-3-5-14(26-2)6-4-13/h3-6,11,16-17,23H,7-10,12H2,1-2H3. The van der Waals surface area contributed by atoms with Gasteiger partial charge in [-0.1, -0.05) is 12.1 Å². The summed E-state index contributed by atoms with van der Waals surface area (Å²) in [6.45, 7) is 1.44. The Bertz CT molecular complexity index is 777. The van der Waals surface area contributed by atoms with E-state index in [1.807, 2.05) is 29.2 Å². The fourth-order valence-electron chi connectivity index (χ4n) is 3.31. The lowest BCUT2D eigenvalue weighted by atomic mass is 10.1. The molecule has 2 unspecified atom stereocenters. The van der Waals surface area contributed by atoms with Crippen LogP contribution in [-0.4, -0.2) is 52.2 Å². The highest BCUT2D eigenvalue weighted by molar-refractivity contribution is 5.57. The van der Waals surface area contributed by atoms with Gasteiger partial charge in [0.1, 0.15) is 11.9 Å². The third-order valence-corrected chi connectivity index (χ3v) is 4.82. The van der Waals surface area contributed by atoms with Crippen LogP contribution < -0.4 is 9.64 Å². The van der Waals surface area contributed by atoms with E-state index in [1.165, 1.54) is 10.9 Å². The molecule has 0 spiro atoms. The molecule has 2 aromatic rings. The molecule has 1 aliphatic heterocycles. The van der Waals surface area contributed by atoms with Gasteiger partial charge < -0.3 is 19.5 Å². The van der Waals surface area contributed by atoms with Crippen LogP contribution in [0.1, 0.15) is 18.4 Å². The monoisotopic (exact) mass is 376 g/mol. The number of benzene rings is 1. The van der Waals surface area contributed by atoms with Crippen molar-refractivity contribution in [3.8, 4) is 5.75 Å². The van der Waals surface area contributed by atoms with Crippen molar-refractivity contribution in [1.29, 1.82) is 0 Å². The van der Waals surface area contributed by atoms with Gasteiger partial charge >= 0.3 is 5.69 Å². The van der Waals surface area contributed by atoms with Crippen LogP contribution in [0.3, 0.4) is 0 Å². The minimum atomic E-state index is -0.625. The van der Waals surface area contributed by atoms with Crippen LogP contribution in [-0.2, 0) is 18.4 Å². The number of rotatable bonds is 6. The molecule has 2 atom stereocenters. The first-order chi connectivity index (χ1) is 13.0. The third-order valence-electron chi connectivity index (χ3n) is 4.82. The summed E-state index contributed by atoms with van der Waals surface area (Å²) in [4.78, 5) is 12.7. The summed E-state index contributed by atoms with van der Waals surface area (Å²) >= 11 is 0. The molecule has 0 radical (unpaired) electrons. The van der Waals surface area contributed by atoms with E-state index in [0.29, 0.717) is 38.4 Å². The molecule has 1 fully saturated rings. The number of ether oxygens (including phenoxy) is 2. The topological polar surface area (TPSA) is 103 Å². The maximum atomic E-state index is 11.2. The van der Waals surface area contributed by atoms with E-state index < -0.39 is 11.0 Å². The molecule has 9 heteroatoms. The summed E-state index contributed by atoms with van der Waals surface area (Å²) < 4.78 is 12.6. The number of nitrogens with zero attached hydrogens (tertiary/aromatic N) is 4. The third kappa shape index (κ3) is 4.37. The molecule has 0 saturated carbocycles. The summed E-state index contributed by atoms with van der Waals surface area (Å²) in [5, 5.41) is 25.7. The lowest BCUT2D eigenvalue weighted by Crippen LogP contribution is -2.28. The Kier molecular flexibility index (Phi) is 5.92. The molecule has 1 aromatic carbocycles. The van der Waals surface area contributed by atoms with Crippen molar-refractivity contribution in [3.05, 3.63) is 46.1 Å². The van der Waals surface area contributed by atoms with Gasteiger partial charge in [0.05, 0.1) is 30.8 Å². The number of aromatic nitrogens is 2. The van der Waals surface area contributed by atoms with E-state index in [0.717, 1.165) is 11.3 Å². The highest BCUT2D eigenvalue weighted by atomic mass is 16.6. The van der Waals surface area contributed by atoms with E-state index >= 15 is 0 Å². The molecular formula is C18H24N4O5. The number of anilines is 1. The fourth-order valence-corrected chi connectivity index (χ4v) is 3.31. The second-order valence-electron chi connectivity index (χ2n) is 6.56. The molecule has 1 saturated heterocycles. The first-order valence-corrected chi connectivity index (χ1v) is 8.83. The van der Waals surface area contributed by atoms with Crippen LogP contribution in [0.4, 0.5) is 11.5 Å². The van der Waals surface area contributed by atoms with Gasteiger partial charge in [0.2, 0.25) is 5.82 Å². The lowest BCUT2D eigenvalue weighted by molar-refractivity contribution is -0.384. The summed E-state index contributed by atoms with van der Waals surface area (Å²) in [6.07, 6.45) is 1.34. The number of aryl methyl sites for hydroxylation is 1. The Hall–Kier alpha value is -2.65. The summed E-state index contributed by atoms with van der Waals surface area (Å²) in [7, 11) is 3.30. The van der Waals surface area contributed by atoms with E-state index in [4.69, 9.17) is 9.47 Å². The van der Waals surface area contributed by atoms with Crippen molar-refractivity contribution in [2.24, 2.45) is 7.05 Å². The zero-order valence-corrected chi connectivity index (χ0v) is 15.4. The zero-order valence-electron chi connectivity index (χ0n) is 15.4. The minimum absolute atomic E-state index is 0.0235. The fraction of sp³-hybridized carbons (Fsp3) is 0.500. The predicted molar refractivity (Wildman–Crippen MR) is 98.9 cm³/mol. The van der Waals surface area contributed by atoms with Crippen LogP contribution in [0, 0.1) is 10.1 Å². The summed E-state index contributed by atoms with van der Waals surface area (Å²) in [6, 6.07) is 7.58. The summed E-state index contributed by atoms with van der Waals surface area (Å²) in [5.41, 5.74) is 0.968. The average molecular weight is 376 g/mol. The van der Waals surface area contributed by atoms with E-state index in [2.05, 4.69) is 5.10 Å². The number of hydrogen-bond acceptors (Lipinski definition) is 7. The molecule has 9 nitrogen and oxygen atoms in total. The maximum Gasteiger partial charge on any atom is 0.331 e. The average Bonchev–Trinajstić information content (AvgIpc) is 2.96. The SMILES string of the molecule is COc1ccc(COC2CCN(c3c([N+](=O)[O-])cnn3C)CCC2O)cc1. The normalized spacial score (nSPS) is 20.3. The Morgan fingerprint density at radius 1 is 1.30 bits per heavy atom. The van der Waals surface area contributed by atoms with Crippen molar-refractivity contribution >= 4 is 11.5 Å². The Morgan fingerprint density at radius 3 is 2.67 bits per heavy atom. The van der Waals surface area contributed by atoms with Gasteiger partial charge in [-0.05, 0) is 30.5 Å². The molecule has 1 aliphatic rings. The van der Waals surface area contributed by atoms with Crippen molar-refractivity contribution in [3.63, 3.8) is 0 Å². The molecule has 3 rings (SSSR count). The van der Waals surface area contributed by atoms with Gasteiger partial charge in [0, 0.05) is 20.1 Å². The number of hydrogen-bond donors (Lipinski definition) is 1. The largest absolute Gasteiger partial charge is 0.497 e. The first kappa shape index (κ1) is 19.1. The molecule has 27 heavy (non-hydrogen) atoms. The van der Waals surface area contributed by atoms with Gasteiger partial charge in [-0.15, -0.1) is 0 Å². The van der Waals surface area contributed by atoms with Crippen LogP contribution in [0.2, 0.25) is 0 Å². The van der Waals surface area contributed by atoms with E-state index in [1.54, 1.807) is 14.2 Å². The molecule has 0 amide bonds. The van der Waals surface area contributed by atoms with Crippen molar-refractivity contribution in [1.82, 2.24) is 9.78 Å². The van der Waals surface area contributed by atoms with Crippen molar-refractivity contribution in [2.45, 2.75) is 31.7 Å². The summed E-state index contributed by atoms with van der Waals surface area (Å²) in [5.74, 6) is 1.24. The quantitative estimate of drug-likeness (QED) is 0.606. The number of methoxy groups -OCH3 is 1. The van der Waals surface area contributed by atoms with Crippen molar-refractivity contribution < 1.29 is 19.5 Å². The van der Waals surface area contributed by atoms with Gasteiger partial charge in [-0.25, -0.2) is 4.68 Å². The predicted octanol–water partition coefficient (Wildman–Crippen LogP) is 1.88. The number of aliphatic hydroxyl groups excluding tert-OH is 1. The second kappa shape index (κ2) is 8.36. The van der Waals surface area contributed by atoms with Crippen molar-refractivity contribution in [2.75, 3.05) is 25.1 Å². The molecule has 1 aromatic heterocycles. The molecule has 146 valence electrons. The molecule has 0 bridgehead atoms. The molecule has 2 heterocycles. The lowest BCUT2D eigenvalue weighted by Gasteiger charge is -2.21. The Labute approximate surface area is 157 Å². The maximum absolute atomic E-state index is 11.2. The molecule has 1 N–H and O–H groups in total. The van der Waals surface area contributed by atoms with Crippen LogP contribution in [0.15, 0.2) is 30.5 Å². The smallest absolute Gasteiger partial charge is 0.331 e. The highest BCUT2D eigenvalue weighted by Crippen LogP contribution is 2.29. The Balaban J connectivity index is 1.64. The van der Waals surface area contributed by atoms with E-state index in [9.17, 15) is 15.2 Å². The van der Waals surface area contributed by atoms with Gasteiger partial charge in [0.25, 0.3) is 0 Å². The van der Waals surface area contributed by atoms with Gasteiger partial charge in [-0.3, -0.25) is 10.1 Å².